The summed E-state index contributed by atoms with van der Waals surface area (Å²) < 4.78 is 18.9. The number of halogens is 1. The van der Waals surface area contributed by atoms with Crippen molar-refractivity contribution >= 4 is 11.6 Å². The zero-order chi connectivity index (χ0) is 20.1. The average Bonchev–Trinajstić information content (AvgIpc) is 3.17. The minimum Gasteiger partial charge on any atom is -0.497 e. The molecule has 28 heavy (non-hydrogen) atoms. The van der Waals surface area contributed by atoms with Crippen molar-refractivity contribution in [1.82, 2.24) is 9.91 Å². The van der Waals surface area contributed by atoms with Gasteiger partial charge < -0.3 is 4.74 Å². The number of methoxy groups -OCH3 is 1. The van der Waals surface area contributed by atoms with Crippen molar-refractivity contribution in [2.75, 3.05) is 26.7 Å². The number of nitrogens with zero attached hydrogens (tertiary/aromatic N) is 3. The second-order valence-electron chi connectivity index (χ2n) is 6.75. The number of carbonyl (C=O) groups excluding carboxylic acids is 1. The molecule has 2 aromatic carbocycles. The predicted octanol–water partition coefficient (Wildman–Crippen LogP) is 3.85. The molecule has 0 fully saturated rings. The number of carbonyl (C=O) groups is 1. The van der Waals surface area contributed by atoms with Crippen LogP contribution in [0.4, 0.5) is 4.39 Å². The van der Waals surface area contributed by atoms with Crippen molar-refractivity contribution in [3.8, 4) is 5.75 Å². The van der Waals surface area contributed by atoms with E-state index in [1.807, 2.05) is 44.2 Å². The highest BCUT2D eigenvalue weighted by Gasteiger charge is 2.33. The van der Waals surface area contributed by atoms with Crippen LogP contribution < -0.4 is 4.74 Å². The Morgan fingerprint density at radius 3 is 2.54 bits per heavy atom. The Kier molecular flexibility index (Phi) is 6.41. The summed E-state index contributed by atoms with van der Waals surface area (Å²) in [4.78, 5) is 15.1. The standard InChI is InChI=1S/C22H26FN3O2/c1-4-25(5-2)15-22(27)26-21(16-9-11-19(28-3)12-10-16)14-20(24-26)17-7-6-8-18(23)13-17/h6-13,21H,4-5,14-15H2,1-3H3/t21-/m1/s1. The lowest BCUT2D eigenvalue weighted by atomic mass is 9.98. The van der Waals surface area contributed by atoms with Crippen LogP contribution in [0.1, 0.15) is 37.4 Å². The van der Waals surface area contributed by atoms with Crippen LogP contribution in [0, 0.1) is 5.82 Å². The van der Waals surface area contributed by atoms with E-state index in [1.165, 1.54) is 12.1 Å². The Morgan fingerprint density at radius 2 is 1.93 bits per heavy atom. The van der Waals surface area contributed by atoms with Crippen molar-refractivity contribution in [1.29, 1.82) is 0 Å². The monoisotopic (exact) mass is 383 g/mol. The zero-order valence-corrected chi connectivity index (χ0v) is 16.6. The van der Waals surface area contributed by atoms with Crippen molar-refractivity contribution in [2.24, 2.45) is 5.10 Å². The maximum absolute atomic E-state index is 13.7. The van der Waals surface area contributed by atoms with E-state index >= 15 is 0 Å². The van der Waals surface area contributed by atoms with Gasteiger partial charge in [0.25, 0.3) is 5.91 Å². The van der Waals surface area contributed by atoms with Gasteiger partial charge in [-0.05, 0) is 42.9 Å². The normalized spacial score (nSPS) is 16.4. The first kappa shape index (κ1) is 20.0. The maximum atomic E-state index is 13.7. The molecular formula is C22H26FN3O2. The van der Waals surface area contributed by atoms with Crippen LogP contribution in [0.25, 0.3) is 0 Å². The smallest absolute Gasteiger partial charge is 0.257 e. The van der Waals surface area contributed by atoms with Crippen LogP contribution in [-0.2, 0) is 4.79 Å². The zero-order valence-electron chi connectivity index (χ0n) is 16.6. The van der Waals surface area contributed by atoms with E-state index in [1.54, 1.807) is 18.2 Å². The summed E-state index contributed by atoms with van der Waals surface area (Å²) in [6.45, 7) is 5.96. The summed E-state index contributed by atoms with van der Waals surface area (Å²) in [5.41, 5.74) is 2.40. The van der Waals surface area contributed by atoms with E-state index < -0.39 is 0 Å². The molecule has 0 N–H and O–H groups in total. The summed E-state index contributed by atoms with van der Waals surface area (Å²) in [5, 5.41) is 6.15. The minimum absolute atomic E-state index is 0.0593. The molecule has 0 spiro atoms. The molecule has 5 nitrogen and oxygen atoms in total. The number of likely N-dealkylation sites (N-methyl/N-ethyl adjacent to an activating group) is 1. The number of ether oxygens (including phenoxy) is 1. The number of hydrogen-bond donors (Lipinski definition) is 0. The van der Waals surface area contributed by atoms with E-state index in [2.05, 4.69) is 10.0 Å². The molecule has 1 aliphatic heterocycles. The first-order valence-corrected chi connectivity index (χ1v) is 9.57. The molecule has 0 bridgehead atoms. The molecule has 0 aromatic heterocycles. The molecular weight excluding hydrogens is 357 g/mol. The average molecular weight is 383 g/mol. The Hall–Kier alpha value is -2.73. The topological polar surface area (TPSA) is 45.1 Å². The fourth-order valence-corrected chi connectivity index (χ4v) is 3.38. The molecule has 1 heterocycles. The van der Waals surface area contributed by atoms with Crippen LogP contribution in [-0.4, -0.2) is 48.3 Å². The van der Waals surface area contributed by atoms with Crippen molar-refractivity contribution in [2.45, 2.75) is 26.3 Å². The maximum Gasteiger partial charge on any atom is 0.257 e. The second kappa shape index (κ2) is 8.97. The van der Waals surface area contributed by atoms with Crippen molar-refractivity contribution in [3.05, 3.63) is 65.5 Å². The molecule has 0 saturated carbocycles. The van der Waals surface area contributed by atoms with Gasteiger partial charge in [-0.25, -0.2) is 9.40 Å². The van der Waals surface area contributed by atoms with Gasteiger partial charge >= 0.3 is 0 Å². The lowest BCUT2D eigenvalue weighted by Gasteiger charge is -2.25. The third-order valence-electron chi connectivity index (χ3n) is 5.08. The lowest BCUT2D eigenvalue weighted by molar-refractivity contribution is -0.134. The van der Waals surface area contributed by atoms with Gasteiger partial charge in [0.05, 0.1) is 25.4 Å². The van der Waals surface area contributed by atoms with Crippen LogP contribution in [0.5, 0.6) is 5.75 Å². The Labute approximate surface area is 165 Å². The number of benzene rings is 2. The van der Waals surface area contributed by atoms with Crippen molar-refractivity contribution in [3.63, 3.8) is 0 Å². The van der Waals surface area contributed by atoms with Gasteiger partial charge in [-0.3, -0.25) is 9.69 Å². The molecule has 0 radical (unpaired) electrons. The molecule has 0 aliphatic carbocycles. The highest BCUT2D eigenvalue weighted by Crippen LogP contribution is 2.33. The quantitative estimate of drug-likeness (QED) is 0.729. The van der Waals surface area contributed by atoms with Crippen LogP contribution in [0.2, 0.25) is 0 Å². The number of hydrazone groups is 1. The number of rotatable bonds is 7. The van der Waals surface area contributed by atoms with Gasteiger partial charge in [0.2, 0.25) is 0 Å². The minimum atomic E-state index is -0.311. The summed E-state index contributed by atoms with van der Waals surface area (Å²) in [6, 6.07) is 13.8. The first-order valence-electron chi connectivity index (χ1n) is 9.57. The van der Waals surface area contributed by atoms with E-state index in [4.69, 9.17) is 4.74 Å². The molecule has 0 saturated heterocycles. The molecule has 2 aromatic rings. The van der Waals surface area contributed by atoms with Gasteiger partial charge in [-0.2, -0.15) is 5.10 Å². The molecule has 6 heteroatoms. The molecule has 148 valence electrons. The highest BCUT2D eigenvalue weighted by molar-refractivity contribution is 6.03. The van der Waals surface area contributed by atoms with Crippen LogP contribution >= 0.6 is 0 Å². The molecule has 3 rings (SSSR count). The third-order valence-corrected chi connectivity index (χ3v) is 5.08. The first-order chi connectivity index (χ1) is 13.5. The summed E-state index contributed by atoms with van der Waals surface area (Å²) in [7, 11) is 1.62. The molecule has 1 amide bonds. The third kappa shape index (κ3) is 4.39. The summed E-state index contributed by atoms with van der Waals surface area (Å²) >= 11 is 0. The van der Waals surface area contributed by atoms with E-state index in [0.717, 1.165) is 24.4 Å². The Balaban J connectivity index is 1.91. The Morgan fingerprint density at radius 1 is 1.21 bits per heavy atom. The second-order valence-corrected chi connectivity index (χ2v) is 6.75. The van der Waals surface area contributed by atoms with Crippen LogP contribution in [0.15, 0.2) is 53.6 Å². The van der Waals surface area contributed by atoms with E-state index in [-0.39, 0.29) is 17.8 Å². The molecule has 0 unspecified atom stereocenters. The van der Waals surface area contributed by atoms with Gasteiger partial charge in [0.1, 0.15) is 11.6 Å². The Bertz CT molecular complexity index is 847. The highest BCUT2D eigenvalue weighted by atomic mass is 19.1. The van der Waals surface area contributed by atoms with Gasteiger partial charge in [0, 0.05) is 12.0 Å². The fraction of sp³-hybridized carbons (Fsp3) is 0.364. The summed E-state index contributed by atoms with van der Waals surface area (Å²) in [6.07, 6.45) is 0.541. The lowest BCUT2D eigenvalue weighted by Crippen LogP contribution is -2.38. The van der Waals surface area contributed by atoms with Crippen LogP contribution in [0.3, 0.4) is 0 Å². The summed E-state index contributed by atoms with van der Waals surface area (Å²) in [5.74, 6) is 0.388. The number of hydrogen-bond acceptors (Lipinski definition) is 4. The molecule has 1 aliphatic rings. The van der Waals surface area contributed by atoms with E-state index in [0.29, 0.717) is 24.2 Å². The van der Waals surface area contributed by atoms with Crippen molar-refractivity contribution < 1.29 is 13.9 Å². The van der Waals surface area contributed by atoms with Gasteiger partial charge in [-0.1, -0.05) is 38.1 Å². The van der Waals surface area contributed by atoms with Gasteiger partial charge in [0.15, 0.2) is 0 Å². The SMILES string of the molecule is CCN(CC)CC(=O)N1N=C(c2cccc(F)c2)C[C@@H]1c1ccc(OC)cc1. The number of amides is 1. The fourth-order valence-electron chi connectivity index (χ4n) is 3.38. The largest absolute Gasteiger partial charge is 0.497 e. The predicted molar refractivity (Wildman–Crippen MR) is 108 cm³/mol. The van der Waals surface area contributed by atoms with Gasteiger partial charge in [-0.15, -0.1) is 0 Å². The molecule has 1 atom stereocenters. The van der Waals surface area contributed by atoms with E-state index in [9.17, 15) is 9.18 Å².